The normalized spacial score (nSPS) is 15.2. The van der Waals surface area contributed by atoms with Crippen LogP contribution in [-0.4, -0.2) is 28.7 Å². The van der Waals surface area contributed by atoms with Gasteiger partial charge in [-0.25, -0.2) is 13.2 Å². The van der Waals surface area contributed by atoms with Crippen molar-refractivity contribution < 1.29 is 13.2 Å². The molecule has 0 aliphatic heterocycles. The van der Waals surface area contributed by atoms with E-state index in [2.05, 4.69) is 5.32 Å². The van der Waals surface area contributed by atoms with Crippen LogP contribution in [0.15, 0.2) is 52.2 Å². The van der Waals surface area contributed by atoms with Crippen molar-refractivity contribution in [2.45, 2.75) is 69.2 Å². The number of benzene rings is 2. The lowest BCUT2D eigenvalue weighted by Gasteiger charge is -2.23. The Balaban J connectivity index is 1.92. The molecule has 0 unspecified atom stereocenters. The van der Waals surface area contributed by atoms with Gasteiger partial charge in [0.25, 0.3) is 5.91 Å². The van der Waals surface area contributed by atoms with E-state index in [-0.39, 0.29) is 22.2 Å². The van der Waals surface area contributed by atoms with Crippen molar-refractivity contribution in [3.63, 3.8) is 0 Å². The van der Waals surface area contributed by atoms with Gasteiger partial charge >= 0.3 is 5.69 Å². The van der Waals surface area contributed by atoms with Gasteiger partial charge in [0.05, 0.1) is 26.9 Å². The van der Waals surface area contributed by atoms with Crippen molar-refractivity contribution >= 4 is 32.5 Å². The topological polar surface area (TPSA) is 90.2 Å². The number of carbonyl (C=O) groups excluding carboxylic acids is 1. The first-order valence-corrected chi connectivity index (χ1v) is 12.8. The molecule has 0 atom stereocenters. The summed E-state index contributed by atoms with van der Waals surface area (Å²) >= 11 is 0. The van der Waals surface area contributed by atoms with E-state index in [0.717, 1.165) is 19.3 Å². The predicted molar refractivity (Wildman–Crippen MR) is 126 cm³/mol. The highest BCUT2D eigenvalue weighted by Gasteiger charge is 2.32. The molecule has 0 spiro atoms. The molecule has 7 nitrogen and oxygen atoms in total. The van der Waals surface area contributed by atoms with E-state index in [4.69, 9.17) is 0 Å². The quantitative estimate of drug-likeness (QED) is 0.603. The molecular formula is C24H29N3O4S. The van der Waals surface area contributed by atoms with Crippen LogP contribution in [-0.2, 0) is 22.9 Å². The molecule has 32 heavy (non-hydrogen) atoms. The van der Waals surface area contributed by atoms with Crippen LogP contribution in [0.1, 0.15) is 56.3 Å². The van der Waals surface area contributed by atoms with Crippen molar-refractivity contribution in [3.8, 4) is 0 Å². The second-order valence-electron chi connectivity index (χ2n) is 8.23. The Bertz CT molecular complexity index is 1300. The Morgan fingerprint density at radius 2 is 1.56 bits per heavy atom. The molecule has 0 saturated heterocycles. The fraction of sp³-hybridized carbons (Fsp3) is 0.417. The van der Waals surface area contributed by atoms with Crippen LogP contribution >= 0.6 is 0 Å². The fourth-order valence-electron chi connectivity index (χ4n) is 4.63. The molecule has 3 aromatic rings. The van der Waals surface area contributed by atoms with Gasteiger partial charge in [0.15, 0.2) is 9.84 Å². The molecule has 1 saturated carbocycles. The zero-order valence-electron chi connectivity index (χ0n) is 18.5. The third-order valence-electron chi connectivity index (χ3n) is 6.33. The maximum Gasteiger partial charge on any atom is 0.329 e. The summed E-state index contributed by atoms with van der Waals surface area (Å²) in [7, 11) is -3.69. The molecule has 170 valence electrons. The molecule has 0 radical (unpaired) electrons. The molecule has 2 aromatic carbocycles. The number of amides is 1. The van der Waals surface area contributed by atoms with E-state index >= 15 is 0 Å². The van der Waals surface area contributed by atoms with E-state index in [1.54, 1.807) is 45.5 Å². The summed E-state index contributed by atoms with van der Waals surface area (Å²) in [4.78, 5) is 25.9. The minimum atomic E-state index is -3.69. The summed E-state index contributed by atoms with van der Waals surface area (Å²) in [6.07, 6.45) is 4.02. The third-order valence-corrected chi connectivity index (χ3v) is 8.63. The SMILES string of the molecule is CCn1c(=O)n(CC)c2cc(S(=O)(=O)C3CCCCC3)c(NC(=O)c3ccccc3)cc21. The van der Waals surface area contributed by atoms with Gasteiger partial charge in [-0.05, 0) is 51.0 Å². The van der Waals surface area contributed by atoms with E-state index in [1.807, 2.05) is 19.9 Å². The van der Waals surface area contributed by atoms with Gasteiger partial charge in [-0.1, -0.05) is 37.5 Å². The summed E-state index contributed by atoms with van der Waals surface area (Å²) in [6, 6.07) is 11.9. The number of fused-ring (bicyclic) bond motifs is 1. The monoisotopic (exact) mass is 455 g/mol. The number of aromatic nitrogens is 2. The number of sulfone groups is 1. The van der Waals surface area contributed by atoms with Crippen molar-refractivity contribution in [3.05, 3.63) is 58.5 Å². The van der Waals surface area contributed by atoms with Crippen LogP contribution in [0.25, 0.3) is 11.0 Å². The van der Waals surface area contributed by atoms with Crippen molar-refractivity contribution in [1.29, 1.82) is 0 Å². The van der Waals surface area contributed by atoms with Gasteiger partial charge in [-0.15, -0.1) is 0 Å². The van der Waals surface area contributed by atoms with Crippen LogP contribution < -0.4 is 11.0 Å². The molecule has 1 aliphatic rings. The number of hydrogen-bond donors (Lipinski definition) is 1. The molecule has 0 bridgehead atoms. The van der Waals surface area contributed by atoms with E-state index in [1.165, 1.54) is 0 Å². The fourth-order valence-corrected chi connectivity index (χ4v) is 6.63. The average molecular weight is 456 g/mol. The molecular weight excluding hydrogens is 426 g/mol. The molecule has 1 amide bonds. The molecule has 4 rings (SSSR count). The highest BCUT2D eigenvalue weighted by Crippen LogP contribution is 2.35. The zero-order valence-corrected chi connectivity index (χ0v) is 19.3. The lowest BCUT2D eigenvalue weighted by molar-refractivity contribution is 0.102. The number of hydrogen-bond acceptors (Lipinski definition) is 4. The summed E-state index contributed by atoms with van der Waals surface area (Å²) < 4.78 is 30.6. The van der Waals surface area contributed by atoms with Crippen LogP contribution in [0, 0.1) is 0 Å². The zero-order chi connectivity index (χ0) is 22.9. The van der Waals surface area contributed by atoms with Crippen LogP contribution in [0.2, 0.25) is 0 Å². The Kier molecular flexibility index (Phi) is 6.24. The number of imidazole rings is 1. The van der Waals surface area contributed by atoms with Gasteiger partial charge in [-0.3, -0.25) is 13.9 Å². The average Bonchev–Trinajstić information content (AvgIpc) is 3.08. The first-order chi connectivity index (χ1) is 15.4. The van der Waals surface area contributed by atoms with E-state index in [9.17, 15) is 18.0 Å². The second-order valence-corrected chi connectivity index (χ2v) is 10.4. The van der Waals surface area contributed by atoms with Crippen LogP contribution in [0.4, 0.5) is 5.69 Å². The lowest BCUT2D eigenvalue weighted by Crippen LogP contribution is -2.25. The van der Waals surface area contributed by atoms with Crippen molar-refractivity contribution in [2.24, 2.45) is 0 Å². The molecule has 1 heterocycles. The maximum atomic E-state index is 13.7. The van der Waals surface area contributed by atoms with Crippen LogP contribution in [0.5, 0.6) is 0 Å². The highest BCUT2D eigenvalue weighted by molar-refractivity contribution is 7.92. The Morgan fingerprint density at radius 3 is 2.16 bits per heavy atom. The van der Waals surface area contributed by atoms with Crippen molar-refractivity contribution in [1.82, 2.24) is 9.13 Å². The predicted octanol–water partition coefficient (Wildman–Crippen LogP) is 4.20. The number of nitrogens with one attached hydrogen (secondary N) is 1. The lowest BCUT2D eigenvalue weighted by atomic mass is 10.0. The number of aryl methyl sites for hydroxylation is 2. The number of anilines is 1. The third kappa shape index (κ3) is 3.88. The highest BCUT2D eigenvalue weighted by atomic mass is 32.2. The first-order valence-electron chi connectivity index (χ1n) is 11.3. The van der Waals surface area contributed by atoms with Crippen LogP contribution in [0.3, 0.4) is 0 Å². The van der Waals surface area contributed by atoms with Gasteiger partial charge < -0.3 is 5.32 Å². The number of carbonyl (C=O) groups is 1. The summed E-state index contributed by atoms with van der Waals surface area (Å²) in [5, 5.41) is 2.34. The van der Waals surface area contributed by atoms with Gasteiger partial charge in [0.2, 0.25) is 0 Å². The summed E-state index contributed by atoms with van der Waals surface area (Å²) in [5.74, 6) is -0.384. The van der Waals surface area contributed by atoms with E-state index in [0.29, 0.717) is 42.5 Å². The van der Waals surface area contributed by atoms with E-state index < -0.39 is 15.1 Å². The first kappa shape index (κ1) is 22.3. The Hall–Kier alpha value is -2.87. The standard InChI is InChI=1S/C24H29N3O4S/c1-3-26-20-15-19(25-23(28)17-11-7-5-8-12-17)22(16-21(20)27(4-2)24(26)29)32(30,31)18-13-9-6-10-14-18/h5,7-8,11-12,15-16,18H,3-4,6,9-10,13-14H2,1-2H3,(H,25,28). The maximum absolute atomic E-state index is 13.7. The smallest absolute Gasteiger partial charge is 0.321 e. The summed E-state index contributed by atoms with van der Waals surface area (Å²) in [5.41, 5.74) is 1.68. The number of rotatable bonds is 6. The minimum absolute atomic E-state index is 0.0941. The molecule has 1 fully saturated rings. The molecule has 1 aromatic heterocycles. The van der Waals surface area contributed by atoms with Gasteiger partial charge in [-0.2, -0.15) is 0 Å². The van der Waals surface area contributed by atoms with Crippen molar-refractivity contribution in [2.75, 3.05) is 5.32 Å². The van der Waals surface area contributed by atoms with Gasteiger partial charge in [0, 0.05) is 18.7 Å². The minimum Gasteiger partial charge on any atom is -0.321 e. The Labute approximate surface area is 188 Å². The largest absolute Gasteiger partial charge is 0.329 e. The Morgan fingerprint density at radius 1 is 0.969 bits per heavy atom. The second kappa shape index (κ2) is 8.94. The van der Waals surface area contributed by atoms with Gasteiger partial charge in [0.1, 0.15) is 0 Å². The molecule has 1 aliphatic carbocycles. The molecule has 8 heteroatoms. The summed E-state index contributed by atoms with van der Waals surface area (Å²) in [6.45, 7) is 4.61. The number of nitrogens with zero attached hydrogens (tertiary/aromatic N) is 2. The molecule has 1 N–H and O–H groups in total.